The topological polar surface area (TPSA) is 180 Å². The first-order valence-corrected chi connectivity index (χ1v) is 45.6. The summed E-state index contributed by atoms with van der Waals surface area (Å²) >= 11 is 0. The van der Waals surface area contributed by atoms with Crippen molar-refractivity contribution >= 4 is 38.9 Å². The largest absolute Gasteiger partial charge is 0.453 e. The highest BCUT2D eigenvalue weighted by molar-refractivity contribution is 5.88. The average molecular weight is 1750 g/mol. The van der Waals surface area contributed by atoms with E-state index in [0.717, 1.165) is 153 Å². The number of rotatable bonds is 10. The van der Waals surface area contributed by atoms with Gasteiger partial charge in [-0.3, -0.25) is 0 Å². The summed E-state index contributed by atoms with van der Waals surface area (Å²) in [6.45, 7) is 43.2. The molecule has 0 bridgehead atoms. The first kappa shape index (κ1) is 94.3. The number of hydrogen-bond acceptors (Lipinski definition) is 15. The van der Waals surface area contributed by atoms with E-state index < -0.39 is 0 Å². The predicted molar refractivity (Wildman–Crippen MR) is 550 cm³/mol. The number of anilines is 3. The highest BCUT2D eigenvalue weighted by atomic mass is 16.5. The van der Waals surface area contributed by atoms with Gasteiger partial charge < -0.3 is 9.64 Å². The Labute approximate surface area is 785 Å². The van der Waals surface area contributed by atoms with Crippen molar-refractivity contribution in [1.82, 2.24) is 64.8 Å². The number of nitrogens with zero attached hydrogens (tertiary/aromatic N) is 14. The molecule has 19 rings (SSSR count). The molecular weight excluding hydrogens is 1630 g/mol. The Morgan fingerprint density at radius 1 is 0.263 bits per heavy atom. The molecule has 0 atom stereocenters. The van der Waals surface area contributed by atoms with Crippen LogP contribution in [0.4, 0.5) is 17.1 Å². The van der Waals surface area contributed by atoms with Gasteiger partial charge in [0, 0.05) is 90.3 Å². The molecule has 0 saturated heterocycles. The van der Waals surface area contributed by atoms with Crippen LogP contribution in [-0.4, -0.2) is 64.8 Å². The zero-order valence-electron chi connectivity index (χ0n) is 80.3. The SMILES string of the molecule is CC(C)(C)c1cc(-c2ccc3ccccc3c2)nc(-c2ccccc2)n1.CC(C)(C)c1ccnc(-c2ccccc2)n1.CC(C)(C)c1cnc(-c2ccccc2)nc1.CC(C)(C)c1nc2ccccc2nc1-c1ccc(-c2ccccc2)cc1.CC(C)(C)c1ncc(N2c3ccccc3Oc3ccccc32)cn1.CC(C)c1cccc(-c2nc(-c3ccccc3)nc(C(C)(C)C)n2)c1. The Bertz CT molecular complexity index is 6850. The molecule has 7 heterocycles. The molecule has 0 spiro atoms. The molecule has 1 aliphatic rings. The maximum atomic E-state index is 6.02. The van der Waals surface area contributed by atoms with Crippen molar-refractivity contribution in [3.05, 3.63) is 398 Å². The Balaban J connectivity index is 0.000000129. The number of hydrogen-bond donors (Lipinski definition) is 0. The summed E-state index contributed by atoms with van der Waals surface area (Å²) in [7, 11) is 0. The zero-order chi connectivity index (χ0) is 94.2. The normalized spacial score (nSPS) is 11.9. The highest BCUT2D eigenvalue weighted by Gasteiger charge is 2.29. The monoisotopic (exact) mass is 1750 g/mol. The van der Waals surface area contributed by atoms with Gasteiger partial charge >= 0.3 is 0 Å². The summed E-state index contributed by atoms with van der Waals surface area (Å²) in [4.78, 5) is 62.9. The van der Waals surface area contributed by atoms with E-state index in [0.29, 0.717) is 5.92 Å². The van der Waals surface area contributed by atoms with Crippen LogP contribution < -0.4 is 9.64 Å². The van der Waals surface area contributed by atoms with Crippen LogP contribution in [0.2, 0.25) is 0 Å². The van der Waals surface area contributed by atoms with E-state index in [9.17, 15) is 0 Å². The van der Waals surface area contributed by atoms with E-state index in [-0.39, 0.29) is 32.5 Å². The van der Waals surface area contributed by atoms with Crippen molar-refractivity contribution < 1.29 is 4.74 Å². The minimum Gasteiger partial charge on any atom is -0.453 e. The molecule has 15 heteroatoms. The Morgan fingerprint density at radius 2 is 0.692 bits per heavy atom. The van der Waals surface area contributed by atoms with Crippen molar-refractivity contribution in [3.8, 4) is 102 Å². The third kappa shape index (κ3) is 24.4. The molecule has 0 aliphatic carbocycles. The van der Waals surface area contributed by atoms with Gasteiger partial charge in [0.25, 0.3) is 0 Å². The minimum absolute atomic E-state index is 0.0436. The summed E-state index contributed by atoms with van der Waals surface area (Å²) in [5.41, 5.74) is 22.0. The summed E-state index contributed by atoms with van der Waals surface area (Å²) in [5, 5.41) is 2.46. The summed E-state index contributed by atoms with van der Waals surface area (Å²) in [6.07, 6.45) is 9.42. The lowest BCUT2D eigenvalue weighted by Gasteiger charge is -2.32. The molecule has 133 heavy (non-hydrogen) atoms. The molecule has 0 fully saturated rings. The van der Waals surface area contributed by atoms with Gasteiger partial charge in [-0.25, -0.2) is 64.8 Å². The van der Waals surface area contributed by atoms with Gasteiger partial charge in [0.1, 0.15) is 11.6 Å². The lowest BCUT2D eigenvalue weighted by molar-refractivity contribution is 0.477. The highest BCUT2D eigenvalue weighted by Crippen LogP contribution is 2.50. The Kier molecular flexibility index (Phi) is 29.1. The quantitative estimate of drug-likeness (QED) is 0.126. The fraction of sp³-hybridized carbons (Fsp3) is 0.229. The van der Waals surface area contributed by atoms with Gasteiger partial charge in [-0.15, -0.1) is 0 Å². The number of para-hydroxylation sites is 6. The van der Waals surface area contributed by atoms with E-state index in [1.165, 1.54) is 27.5 Å². The molecule has 0 N–H and O–H groups in total. The Hall–Kier alpha value is -14.8. The smallest absolute Gasteiger partial charge is 0.163 e. The second-order valence-electron chi connectivity index (χ2n) is 39.6. The van der Waals surface area contributed by atoms with E-state index in [1.807, 2.05) is 225 Å². The first-order valence-electron chi connectivity index (χ1n) is 45.6. The zero-order valence-corrected chi connectivity index (χ0v) is 80.3. The average Bonchev–Trinajstić information content (AvgIpc) is 0.768. The third-order valence-corrected chi connectivity index (χ3v) is 22.3. The molecule has 0 saturated carbocycles. The van der Waals surface area contributed by atoms with Crippen LogP contribution in [0.5, 0.6) is 11.5 Å². The van der Waals surface area contributed by atoms with Crippen molar-refractivity contribution in [1.29, 1.82) is 0 Å². The second-order valence-corrected chi connectivity index (χ2v) is 39.6. The van der Waals surface area contributed by atoms with Gasteiger partial charge in [-0.1, -0.05) is 405 Å². The minimum atomic E-state index is -0.142. The van der Waals surface area contributed by atoms with E-state index >= 15 is 0 Å². The number of fused-ring (bicyclic) bond motifs is 4. The van der Waals surface area contributed by atoms with E-state index in [1.54, 1.807) is 0 Å². The fourth-order valence-corrected chi connectivity index (χ4v) is 14.6. The van der Waals surface area contributed by atoms with Gasteiger partial charge in [0.15, 0.2) is 40.6 Å². The standard InChI is InChI=1S/2C24H22N2.C22H25N3.C20H19N3O.2C14H16N2/c1-24(2,3)22-16-21(25-23(26-22)18-10-5-4-6-11-18)20-14-13-17-9-7-8-12-19(17)15-20;1-24(2,3)23-22(25-20-11-7-8-12-21(20)26-23)19-15-13-18(14-16-19)17-9-5-4-6-10-17;1-15(2)17-12-9-13-18(14-17)20-23-19(16-10-7-6-8-11-16)24-21(25-20)22(3,4)5;1-20(2,3)19-21-12-14(13-22-19)23-15-8-4-6-10-17(15)24-18-11-7-5-9-16(18)23;1-14(2,3)12-9-15-13(16-10-12)11-7-5-4-6-8-11;1-14(2,3)12-9-10-15-13(16-12)11-7-5-4-6-8-11/h2*4-16H,1-3H3;6-15H,1-5H3;4-13H,1-3H3;2*4-10H,1-3H3. The second kappa shape index (κ2) is 41.1. The summed E-state index contributed by atoms with van der Waals surface area (Å²) < 4.78 is 6.02. The van der Waals surface area contributed by atoms with Gasteiger partial charge in [-0.05, 0) is 105 Å². The molecule has 0 radical (unpaired) electrons. The van der Waals surface area contributed by atoms with E-state index in [4.69, 9.17) is 39.6 Å². The van der Waals surface area contributed by atoms with Crippen LogP contribution in [0.15, 0.2) is 359 Å². The van der Waals surface area contributed by atoms with Crippen LogP contribution in [-0.2, 0) is 32.5 Å². The number of ether oxygens (including phenoxy) is 1. The van der Waals surface area contributed by atoms with Crippen LogP contribution in [0.3, 0.4) is 0 Å². The molecule has 0 amide bonds. The lowest BCUT2D eigenvalue weighted by atomic mass is 9.88. The number of aromatic nitrogens is 13. The Morgan fingerprint density at radius 3 is 1.20 bits per heavy atom. The summed E-state index contributed by atoms with van der Waals surface area (Å²) in [6, 6.07) is 111. The molecule has 12 aromatic carbocycles. The lowest BCUT2D eigenvalue weighted by Crippen LogP contribution is -2.19. The summed E-state index contributed by atoms with van der Waals surface area (Å²) in [5.74, 6) is 7.60. The number of benzene rings is 12. The van der Waals surface area contributed by atoms with Crippen LogP contribution >= 0.6 is 0 Å². The van der Waals surface area contributed by atoms with Crippen LogP contribution in [0, 0.1) is 0 Å². The van der Waals surface area contributed by atoms with E-state index in [2.05, 4.69) is 307 Å². The molecule has 668 valence electrons. The molecule has 0 unspecified atom stereocenters. The third-order valence-electron chi connectivity index (χ3n) is 22.3. The molecule has 15 nitrogen and oxygen atoms in total. The maximum Gasteiger partial charge on any atom is 0.163 e. The molecular formula is C118H120N14O. The van der Waals surface area contributed by atoms with Crippen molar-refractivity contribution in [3.63, 3.8) is 0 Å². The van der Waals surface area contributed by atoms with Crippen molar-refractivity contribution in [2.75, 3.05) is 4.90 Å². The van der Waals surface area contributed by atoms with Crippen molar-refractivity contribution in [2.24, 2.45) is 0 Å². The molecule has 18 aromatic rings. The maximum absolute atomic E-state index is 6.02. The van der Waals surface area contributed by atoms with Gasteiger partial charge in [0.2, 0.25) is 0 Å². The van der Waals surface area contributed by atoms with Gasteiger partial charge in [-0.2, -0.15) is 0 Å². The fourth-order valence-electron chi connectivity index (χ4n) is 14.6. The molecule has 1 aliphatic heterocycles. The predicted octanol–water partition coefficient (Wildman–Crippen LogP) is 30.4. The van der Waals surface area contributed by atoms with Crippen LogP contribution in [0.1, 0.15) is 184 Å². The van der Waals surface area contributed by atoms with Crippen LogP contribution in [0.25, 0.3) is 112 Å². The van der Waals surface area contributed by atoms with Gasteiger partial charge in [0.05, 0.1) is 63.3 Å². The van der Waals surface area contributed by atoms with Crippen molar-refractivity contribution in [2.45, 2.75) is 177 Å². The molecule has 6 aromatic heterocycles. The first-order chi connectivity index (χ1) is 63.5.